The summed E-state index contributed by atoms with van der Waals surface area (Å²) >= 11 is 0. The van der Waals surface area contributed by atoms with Gasteiger partial charge >= 0.3 is 0 Å². The van der Waals surface area contributed by atoms with Gasteiger partial charge in [-0.05, 0) is 166 Å². The van der Waals surface area contributed by atoms with Crippen LogP contribution in [0.25, 0.3) is 0 Å². The molecular weight excluding hydrogens is 379 g/mol. The van der Waals surface area contributed by atoms with Crippen molar-refractivity contribution in [3.63, 3.8) is 0 Å². The molecule has 8 aliphatic carbocycles. The van der Waals surface area contributed by atoms with Crippen LogP contribution in [0, 0.1) is 56.3 Å². The minimum absolute atomic E-state index is 0.0534. The third-order valence-corrected chi connectivity index (χ3v) is 15.2. The van der Waals surface area contributed by atoms with Gasteiger partial charge in [-0.1, -0.05) is 20.1 Å². The maximum atomic E-state index is 2.67. The molecule has 1 aromatic carbocycles. The van der Waals surface area contributed by atoms with Crippen LogP contribution in [-0.4, -0.2) is 10.3 Å². The molecule has 0 N–H and O–H groups in total. The lowest BCUT2D eigenvalue weighted by atomic mass is 9.55. The molecular formula is C29H41P. The summed E-state index contributed by atoms with van der Waals surface area (Å²) in [5.74, 6) is 6.51. The molecule has 0 unspecified atom stereocenters. The summed E-state index contributed by atoms with van der Waals surface area (Å²) in [6, 6.07) is 5.18. The Labute approximate surface area is 185 Å². The molecule has 1 aromatic rings. The topological polar surface area (TPSA) is 0 Å². The summed E-state index contributed by atoms with van der Waals surface area (Å²) in [6.07, 6.45) is 19.2. The van der Waals surface area contributed by atoms with Crippen molar-refractivity contribution in [1.82, 2.24) is 0 Å². The number of benzene rings is 1. The van der Waals surface area contributed by atoms with Crippen LogP contribution in [0.3, 0.4) is 0 Å². The molecule has 0 nitrogen and oxygen atoms in total. The van der Waals surface area contributed by atoms with Crippen LogP contribution in [0.15, 0.2) is 12.1 Å². The maximum absolute atomic E-state index is 2.67. The summed E-state index contributed by atoms with van der Waals surface area (Å²) in [5.41, 5.74) is 4.82. The number of hydrogen-bond acceptors (Lipinski definition) is 0. The van der Waals surface area contributed by atoms with Gasteiger partial charge in [-0.15, -0.1) is 0 Å². The zero-order chi connectivity index (χ0) is 20.3. The molecule has 8 fully saturated rings. The molecule has 0 aliphatic heterocycles. The lowest BCUT2D eigenvalue weighted by Gasteiger charge is -2.67. The van der Waals surface area contributed by atoms with Crippen molar-refractivity contribution in [1.29, 1.82) is 0 Å². The van der Waals surface area contributed by atoms with Crippen molar-refractivity contribution < 1.29 is 0 Å². The van der Waals surface area contributed by atoms with E-state index in [2.05, 4.69) is 32.9 Å². The van der Waals surface area contributed by atoms with Crippen LogP contribution in [0.2, 0.25) is 0 Å². The highest BCUT2D eigenvalue weighted by Gasteiger charge is 2.63. The van der Waals surface area contributed by atoms with Crippen LogP contribution < -0.4 is 5.30 Å². The molecule has 0 saturated heterocycles. The van der Waals surface area contributed by atoms with E-state index in [1.54, 1.807) is 88.2 Å². The van der Waals surface area contributed by atoms with Gasteiger partial charge in [0.25, 0.3) is 0 Å². The van der Waals surface area contributed by atoms with Gasteiger partial charge < -0.3 is 0 Å². The molecule has 8 saturated carbocycles. The Balaban J connectivity index is 1.41. The van der Waals surface area contributed by atoms with Crippen LogP contribution in [0.5, 0.6) is 0 Å². The van der Waals surface area contributed by atoms with E-state index in [9.17, 15) is 0 Å². The van der Waals surface area contributed by atoms with Crippen molar-refractivity contribution >= 4 is 13.2 Å². The second-order valence-corrected chi connectivity index (χ2v) is 16.3. The minimum atomic E-state index is -0.0534. The van der Waals surface area contributed by atoms with Crippen molar-refractivity contribution in [2.45, 2.75) is 108 Å². The Hall–Kier alpha value is -0.350. The van der Waals surface area contributed by atoms with Gasteiger partial charge in [0.1, 0.15) is 0 Å². The molecule has 1 heteroatoms. The van der Waals surface area contributed by atoms with E-state index in [4.69, 9.17) is 0 Å². The van der Waals surface area contributed by atoms with Gasteiger partial charge in [0, 0.05) is 0 Å². The predicted octanol–water partition coefficient (Wildman–Crippen LogP) is 7.66. The Morgan fingerprint density at radius 3 is 1.30 bits per heavy atom. The normalized spacial score (nSPS) is 49.0. The molecule has 0 atom stereocenters. The second-order valence-electron chi connectivity index (χ2n) is 13.3. The zero-order valence-corrected chi connectivity index (χ0v) is 20.4. The Bertz CT molecular complexity index is 764. The highest BCUT2D eigenvalue weighted by atomic mass is 31.1. The summed E-state index contributed by atoms with van der Waals surface area (Å²) < 4.78 is 0. The van der Waals surface area contributed by atoms with E-state index >= 15 is 0 Å². The smallest absolute Gasteiger partial charge is 0.00413 e. The first-order valence-corrected chi connectivity index (χ1v) is 14.6. The lowest BCUT2D eigenvalue weighted by Crippen LogP contribution is -2.58. The summed E-state index contributed by atoms with van der Waals surface area (Å²) in [4.78, 5) is 0. The molecule has 8 aliphatic rings. The largest absolute Gasteiger partial charge is 0.0623 e. The van der Waals surface area contributed by atoms with Crippen molar-refractivity contribution in [2.24, 2.45) is 35.5 Å². The number of rotatable bonds is 3. The molecule has 0 spiro atoms. The average molecular weight is 421 g/mol. The van der Waals surface area contributed by atoms with E-state index in [1.807, 2.05) is 5.30 Å². The van der Waals surface area contributed by atoms with Gasteiger partial charge in [0.2, 0.25) is 0 Å². The van der Waals surface area contributed by atoms with Crippen LogP contribution in [-0.2, 0) is 0 Å². The molecule has 0 radical (unpaired) electrons. The number of hydrogen-bond donors (Lipinski definition) is 0. The van der Waals surface area contributed by atoms with E-state index < -0.39 is 0 Å². The van der Waals surface area contributed by atoms with Gasteiger partial charge in [0.05, 0.1) is 0 Å². The van der Waals surface area contributed by atoms with Gasteiger partial charge in [-0.2, -0.15) is 0 Å². The fraction of sp³-hybridized carbons (Fsp3) is 0.793. The molecule has 0 heterocycles. The van der Waals surface area contributed by atoms with E-state index in [0.717, 1.165) is 35.5 Å². The molecule has 0 aromatic heterocycles. The highest BCUT2D eigenvalue weighted by Crippen LogP contribution is 2.78. The first-order valence-electron chi connectivity index (χ1n) is 13.3. The number of aryl methyl sites for hydroxylation is 1. The SMILES string of the molecule is Cc1ccc(P(C23CC4CC(CC(C4)C2)C3)C23CC4CC(CC(C4)C2)C3)c(C)c1C. The van der Waals surface area contributed by atoms with Crippen molar-refractivity contribution in [2.75, 3.05) is 0 Å². The third kappa shape index (κ3) is 2.62. The third-order valence-electron chi connectivity index (χ3n) is 11.2. The zero-order valence-electron chi connectivity index (χ0n) is 19.6. The summed E-state index contributed by atoms with van der Waals surface area (Å²) in [6.45, 7) is 7.26. The monoisotopic (exact) mass is 420 g/mol. The van der Waals surface area contributed by atoms with E-state index in [-0.39, 0.29) is 7.92 Å². The molecule has 162 valence electrons. The second kappa shape index (κ2) is 6.37. The standard InChI is InChI=1S/C29H41P/c1-18-4-5-27(20(3)19(18)2)30(28-12-21-6-22(13-28)8-23(7-21)14-28)29-15-24-9-25(16-29)11-26(10-24)17-29/h4-5,21-26H,6-17H2,1-3H3. The molecule has 0 amide bonds. The summed E-state index contributed by atoms with van der Waals surface area (Å²) in [5, 5.41) is 3.31. The van der Waals surface area contributed by atoms with Gasteiger partial charge in [0.15, 0.2) is 0 Å². The maximum Gasteiger partial charge on any atom is -0.00413 e. The molecule has 9 rings (SSSR count). The predicted molar refractivity (Wildman–Crippen MR) is 129 cm³/mol. The lowest BCUT2D eigenvalue weighted by molar-refractivity contribution is 0.0195. The first kappa shape index (κ1) is 19.1. The summed E-state index contributed by atoms with van der Waals surface area (Å²) in [7, 11) is -0.0534. The van der Waals surface area contributed by atoms with Crippen LogP contribution in [0.1, 0.15) is 93.7 Å². The van der Waals surface area contributed by atoms with Crippen molar-refractivity contribution in [3.05, 3.63) is 28.8 Å². The molecule has 8 bridgehead atoms. The average Bonchev–Trinajstić information content (AvgIpc) is 2.66. The van der Waals surface area contributed by atoms with Crippen LogP contribution in [0.4, 0.5) is 0 Å². The van der Waals surface area contributed by atoms with Gasteiger partial charge in [-0.25, -0.2) is 0 Å². The van der Waals surface area contributed by atoms with Crippen LogP contribution >= 0.6 is 7.92 Å². The first-order chi connectivity index (χ1) is 14.4. The van der Waals surface area contributed by atoms with E-state index in [1.165, 1.54) is 5.56 Å². The quantitative estimate of drug-likeness (QED) is 0.440. The minimum Gasteiger partial charge on any atom is -0.0623 e. The molecule has 30 heavy (non-hydrogen) atoms. The fourth-order valence-electron chi connectivity index (χ4n) is 10.9. The van der Waals surface area contributed by atoms with Crippen molar-refractivity contribution in [3.8, 4) is 0 Å². The Morgan fingerprint density at radius 1 is 0.567 bits per heavy atom. The highest BCUT2D eigenvalue weighted by molar-refractivity contribution is 7.68. The van der Waals surface area contributed by atoms with Gasteiger partial charge in [-0.3, -0.25) is 0 Å². The Morgan fingerprint density at radius 2 is 0.933 bits per heavy atom. The fourth-order valence-corrected chi connectivity index (χ4v) is 16.3. The Kier molecular flexibility index (Phi) is 4.06. The van der Waals surface area contributed by atoms with E-state index in [0.29, 0.717) is 10.3 Å².